The summed E-state index contributed by atoms with van der Waals surface area (Å²) in [7, 11) is -4.01. The number of benzene rings is 1. The SMILES string of the molecule is CSCC(C)NS(=O)(=O)c1c(F)cc(F)cc1Br. The van der Waals surface area contributed by atoms with Crippen molar-refractivity contribution in [1.29, 1.82) is 0 Å². The van der Waals surface area contributed by atoms with E-state index in [9.17, 15) is 17.2 Å². The molecule has 0 bridgehead atoms. The fourth-order valence-electron chi connectivity index (χ4n) is 1.39. The molecular weight excluding hydrogens is 348 g/mol. The number of rotatable bonds is 5. The molecule has 102 valence electrons. The van der Waals surface area contributed by atoms with E-state index in [0.717, 1.165) is 6.07 Å². The Balaban J connectivity index is 3.13. The molecule has 1 rings (SSSR count). The summed E-state index contributed by atoms with van der Waals surface area (Å²) in [6.07, 6.45) is 1.83. The van der Waals surface area contributed by atoms with Crippen LogP contribution in [0.5, 0.6) is 0 Å². The van der Waals surface area contributed by atoms with Crippen molar-refractivity contribution in [1.82, 2.24) is 4.72 Å². The van der Waals surface area contributed by atoms with Crippen LogP contribution in [0.3, 0.4) is 0 Å². The lowest BCUT2D eigenvalue weighted by atomic mass is 10.3. The van der Waals surface area contributed by atoms with E-state index in [0.29, 0.717) is 11.8 Å². The third-order valence-electron chi connectivity index (χ3n) is 2.00. The molecule has 8 heteroatoms. The van der Waals surface area contributed by atoms with E-state index in [1.807, 2.05) is 6.26 Å². The molecule has 18 heavy (non-hydrogen) atoms. The Morgan fingerprint density at radius 1 is 1.44 bits per heavy atom. The van der Waals surface area contributed by atoms with Crippen LogP contribution in [0.1, 0.15) is 6.92 Å². The normalized spacial score (nSPS) is 13.6. The fourth-order valence-corrected chi connectivity index (χ4v) is 4.49. The van der Waals surface area contributed by atoms with Crippen LogP contribution in [0.25, 0.3) is 0 Å². The molecule has 0 spiro atoms. The summed E-state index contributed by atoms with van der Waals surface area (Å²) in [6.45, 7) is 1.67. The summed E-state index contributed by atoms with van der Waals surface area (Å²) in [5.74, 6) is -1.40. The highest BCUT2D eigenvalue weighted by Gasteiger charge is 2.25. The smallest absolute Gasteiger partial charge is 0.207 e. The van der Waals surface area contributed by atoms with E-state index < -0.39 is 26.6 Å². The molecule has 3 nitrogen and oxygen atoms in total. The number of nitrogens with one attached hydrogen (secondary N) is 1. The first-order chi connectivity index (χ1) is 8.27. The molecule has 0 amide bonds. The molecule has 1 unspecified atom stereocenters. The lowest BCUT2D eigenvalue weighted by molar-refractivity contribution is 0.536. The highest BCUT2D eigenvalue weighted by molar-refractivity contribution is 9.10. The van der Waals surface area contributed by atoms with Gasteiger partial charge in [0.05, 0.1) is 0 Å². The van der Waals surface area contributed by atoms with Gasteiger partial charge in [-0.05, 0) is 35.2 Å². The standard InChI is InChI=1S/C10H12BrF2NO2S2/c1-6(5-17-2)14-18(15,16)10-8(11)3-7(12)4-9(10)13/h3-4,6,14H,5H2,1-2H3. The second kappa shape index (κ2) is 6.31. The van der Waals surface area contributed by atoms with Gasteiger partial charge in [0.2, 0.25) is 10.0 Å². The molecule has 1 aromatic rings. The van der Waals surface area contributed by atoms with Crippen molar-refractivity contribution in [2.75, 3.05) is 12.0 Å². The monoisotopic (exact) mass is 359 g/mol. The van der Waals surface area contributed by atoms with Crippen molar-refractivity contribution < 1.29 is 17.2 Å². The maximum absolute atomic E-state index is 13.5. The number of hydrogen-bond donors (Lipinski definition) is 1. The van der Waals surface area contributed by atoms with Gasteiger partial charge in [0.25, 0.3) is 0 Å². The molecule has 1 N–H and O–H groups in total. The van der Waals surface area contributed by atoms with Crippen LogP contribution in [-0.2, 0) is 10.0 Å². The fraction of sp³-hybridized carbons (Fsp3) is 0.400. The molecule has 0 aromatic heterocycles. The zero-order chi connectivity index (χ0) is 13.9. The van der Waals surface area contributed by atoms with Gasteiger partial charge in [-0.3, -0.25) is 0 Å². The molecule has 0 aliphatic carbocycles. The van der Waals surface area contributed by atoms with E-state index in [-0.39, 0.29) is 10.5 Å². The third kappa shape index (κ3) is 3.91. The van der Waals surface area contributed by atoms with Crippen molar-refractivity contribution in [3.63, 3.8) is 0 Å². The van der Waals surface area contributed by atoms with Crippen LogP contribution < -0.4 is 4.72 Å². The minimum atomic E-state index is -4.01. The summed E-state index contributed by atoms with van der Waals surface area (Å²) in [4.78, 5) is -0.572. The quantitative estimate of drug-likeness (QED) is 0.879. The first-order valence-electron chi connectivity index (χ1n) is 4.93. The molecule has 0 saturated heterocycles. The predicted molar refractivity (Wildman–Crippen MR) is 72.2 cm³/mol. The summed E-state index contributed by atoms with van der Waals surface area (Å²) in [5.41, 5.74) is 0. The second-order valence-electron chi connectivity index (χ2n) is 3.68. The predicted octanol–water partition coefficient (Wildman–Crippen LogP) is 2.76. The summed E-state index contributed by atoms with van der Waals surface area (Å²) in [5, 5.41) is 0. The first-order valence-corrected chi connectivity index (χ1v) is 8.60. The molecule has 1 atom stereocenters. The summed E-state index contributed by atoms with van der Waals surface area (Å²) < 4.78 is 52.6. The van der Waals surface area contributed by atoms with Crippen LogP contribution in [0.2, 0.25) is 0 Å². The topological polar surface area (TPSA) is 46.2 Å². The lowest BCUT2D eigenvalue weighted by Gasteiger charge is -2.14. The number of sulfonamides is 1. The molecule has 0 fully saturated rings. The van der Waals surface area contributed by atoms with Gasteiger partial charge in [-0.15, -0.1) is 0 Å². The van der Waals surface area contributed by atoms with Crippen molar-refractivity contribution in [2.24, 2.45) is 0 Å². The van der Waals surface area contributed by atoms with Crippen molar-refractivity contribution in [3.8, 4) is 0 Å². The number of halogens is 3. The Morgan fingerprint density at radius 2 is 2.06 bits per heavy atom. The van der Waals surface area contributed by atoms with E-state index in [1.165, 1.54) is 11.8 Å². The highest BCUT2D eigenvalue weighted by atomic mass is 79.9. The van der Waals surface area contributed by atoms with Gasteiger partial charge in [-0.25, -0.2) is 21.9 Å². The summed E-state index contributed by atoms with van der Waals surface area (Å²) >= 11 is 4.32. The van der Waals surface area contributed by atoms with Crippen LogP contribution >= 0.6 is 27.7 Å². The highest BCUT2D eigenvalue weighted by Crippen LogP contribution is 2.26. The molecule has 0 aliphatic heterocycles. The van der Waals surface area contributed by atoms with Gasteiger partial charge in [0.1, 0.15) is 16.5 Å². The average molecular weight is 360 g/mol. The Kier molecular flexibility index (Phi) is 5.57. The van der Waals surface area contributed by atoms with Gasteiger partial charge >= 0.3 is 0 Å². The molecule has 0 radical (unpaired) electrons. The molecule has 0 heterocycles. The van der Waals surface area contributed by atoms with E-state index >= 15 is 0 Å². The van der Waals surface area contributed by atoms with Crippen molar-refractivity contribution in [2.45, 2.75) is 17.9 Å². The largest absolute Gasteiger partial charge is 0.244 e. The number of hydrogen-bond acceptors (Lipinski definition) is 3. The molecular formula is C10H12BrF2NO2S2. The Hall–Kier alpha value is -0.180. The Morgan fingerprint density at radius 3 is 2.56 bits per heavy atom. The van der Waals surface area contributed by atoms with Gasteiger partial charge in [0.15, 0.2) is 0 Å². The zero-order valence-electron chi connectivity index (χ0n) is 9.71. The van der Waals surface area contributed by atoms with Crippen LogP contribution in [0, 0.1) is 11.6 Å². The molecule has 0 aliphatic rings. The van der Waals surface area contributed by atoms with Crippen molar-refractivity contribution in [3.05, 3.63) is 28.2 Å². The van der Waals surface area contributed by atoms with Gasteiger partial charge in [0, 0.05) is 22.3 Å². The minimum Gasteiger partial charge on any atom is -0.207 e. The maximum atomic E-state index is 13.5. The molecule has 0 saturated carbocycles. The van der Waals surface area contributed by atoms with Crippen LogP contribution in [0.4, 0.5) is 8.78 Å². The number of thioether (sulfide) groups is 1. The minimum absolute atomic E-state index is 0.135. The Bertz CT molecular complexity index is 514. The zero-order valence-corrected chi connectivity index (χ0v) is 12.9. The van der Waals surface area contributed by atoms with Gasteiger partial charge < -0.3 is 0 Å². The van der Waals surface area contributed by atoms with Gasteiger partial charge in [-0.2, -0.15) is 11.8 Å². The lowest BCUT2D eigenvalue weighted by Crippen LogP contribution is -2.34. The summed E-state index contributed by atoms with van der Waals surface area (Å²) in [6, 6.07) is 1.11. The van der Waals surface area contributed by atoms with Crippen LogP contribution in [-0.4, -0.2) is 26.5 Å². The molecule has 1 aromatic carbocycles. The van der Waals surface area contributed by atoms with Crippen molar-refractivity contribution >= 4 is 37.7 Å². The first kappa shape index (κ1) is 15.9. The van der Waals surface area contributed by atoms with Crippen LogP contribution in [0.15, 0.2) is 21.5 Å². The van der Waals surface area contributed by atoms with E-state index in [2.05, 4.69) is 20.7 Å². The maximum Gasteiger partial charge on any atom is 0.244 e. The average Bonchev–Trinajstić information content (AvgIpc) is 2.13. The third-order valence-corrected chi connectivity index (χ3v) is 5.39. The Labute approximate surface area is 118 Å². The van der Waals surface area contributed by atoms with E-state index in [4.69, 9.17) is 0 Å². The van der Waals surface area contributed by atoms with E-state index in [1.54, 1.807) is 6.92 Å². The second-order valence-corrected chi connectivity index (χ2v) is 7.09. The van der Waals surface area contributed by atoms with Gasteiger partial charge in [-0.1, -0.05) is 0 Å².